The molecule has 122 valence electrons. The van der Waals surface area contributed by atoms with Crippen LogP contribution in [0.3, 0.4) is 0 Å². The van der Waals surface area contributed by atoms with Gasteiger partial charge in [0.25, 0.3) is 0 Å². The van der Waals surface area contributed by atoms with E-state index in [1.807, 2.05) is 12.1 Å². The number of benzene rings is 1. The SMILES string of the molecule is CCN(c1ccc(Nc2ncc(C(N)=O)cc2Cl)cc1)C(C)C. The molecule has 1 aromatic heterocycles. The van der Waals surface area contributed by atoms with E-state index in [2.05, 4.69) is 48.1 Å². The van der Waals surface area contributed by atoms with Crippen molar-refractivity contribution in [1.29, 1.82) is 0 Å². The van der Waals surface area contributed by atoms with Gasteiger partial charge in [-0.1, -0.05) is 11.6 Å². The Kier molecular flexibility index (Phi) is 5.45. The Morgan fingerprint density at radius 1 is 1.35 bits per heavy atom. The summed E-state index contributed by atoms with van der Waals surface area (Å²) in [5, 5.41) is 3.49. The van der Waals surface area contributed by atoms with Gasteiger partial charge in [-0.25, -0.2) is 4.98 Å². The van der Waals surface area contributed by atoms with Crippen molar-refractivity contribution < 1.29 is 4.79 Å². The van der Waals surface area contributed by atoms with E-state index in [1.165, 1.54) is 12.3 Å². The van der Waals surface area contributed by atoms with Crippen LogP contribution < -0.4 is 16.0 Å². The fourth-order valence-corrected chi connectivity index (χ4v) is 2.60. The Bertz CT molecular complexity index is 685. The van der Waals surface area contributed by atoms with Gasteiger partial charge in [-0.15, -0.1) is 0 Å². The zero-order valence-electron chi connectivity index (χ0n) is 13.5. The van der Waals surface area contributed by atoms with E-state index in [0.717, 1.165) is 17.9 Å². The molecule has 1 aromatic carbocycles. The van der Waals surface area contributed by atoms with Crippen molar-refractivity contribution >= 4 is 34.7 Å². The largest absolute Gasteiger partial charge is 0.369 e. The summed E-state index contributed by atoms with van der Waals surface area (Å²) in [4.78, 5) is 17.6. The maximum absolute atomic E-state index is 11.1. The normalized spacial score (nSPS) is 10.7. The maximum atomic E-state index is 11.1. The third kappa shape index (κ3) is 4.13. The van der Waals surface area contributed by atoms with Crippen LogP contribution in [-0.4, -0.2) is 23.5 Å². The lowest BCUT2D eigenvalue weighted by molar-refractivity contribution is 0.1000. The van der Waals surface area contributed by atoms with Crippen LogP contribution in [0.5, 0.6) is 0 Å². The fraction of sp³-hybridized carbons (Fsp3) is 0.294. The van der Waals surface area contributed by atoms with Gasteiger partial charge >= 0.3 is 0 Å². The topological polar surface area (TPSA) is 71.2 Å². The minimum absolute atomic E-state index is 0.284. The second-order valence-corrected chi connectivity index (χ2v) is 5.88. The number of hydrogen-bond donors (Lipinski definition) is 2. The molecule has 0 atom stereocenters. The smallest absolute Gasteiger partial charge is 0.250 e. The van der Waals surface area contributed by atoms with Gasteiger partial charge in [0.2, 0.25) is 5.91 Å². The number of hydrogen-bond acceptors (Lipinski definition) is 4. The number of primary amides is 1. The first-order valence-corrected chi connectivity index (χ1v) is 7.89. The van der Waals surface area contributed by atoms with Crippen molar-refractivity contribution in [2.45, 2.75) is 26.8 Å². The summed E-state index contributed by atoms with van der Waals surface area (Å²) < 4.78 is 0. The number of aromatic nitrogens is 1. The van der Waals surface area contributed by atoms with Crippen LogP contribution in [0.1, 0.15) is 31.1 Å². The van der Waals surface area contributed by atoms with E-state index in [0.29, 0.717) is 16.9 Å². The average molecular weight is 333 g/mol. The monoisotopic (exact) mass is 332 g/mol. The second kappa shape index (κ2) is 7.33. The minimum Gasteiger partial charge on any atom is -0.369 e. The highest BCUT2D eigenvalue weighted by Gasteiger charge is 2.10. The first-order chi connectivity index (χ1) is 10.9. The number of anilines is 3. The summed E-state index contributed by atoms with van der Waals surface area (Å²) in [6.07, 6.45) is 1.41. The zero-order chi connectivity index (χ0) is 17.0. The van der Waals surface area contributed by atoms with E-state index in [-0.39, 0.29) is 5.56 Å². The highest BCUT2D eigenvalue weighted by Crippen LogP contribution is 2.26. The molecule has 0 saturated carbocycles. The van der Waals surface area contributed by atoms with E-state index < -0.39 is 5.91 Å². The standard InChI is InChI=1S/C17H21ClN4O/c1-4-22(11(2)3)14-7-5-13(6-8-14)21-17-15(18)9-12(10-20-17)16(19)23/h5-11H,4H2,1-3H3,(H2,19,23)(H,20,21). The Morgan fingerprint density at radius 2 is 2.00 bits per heavy atom. The summed E-state index contributed by atoms with van der Waals surface area (Å²) in [7, 11) is 0. The molecule has 0 spiro atoms. The van der Waals surface area contributed by atoms with Gasteiger partial charge in [-0.2, -0.15) is 0 Å². The summed E-state index contributed by atoms with van der Waals surface area (Å²) >= 11 is 6.13. The molecule has 0 radical (unpaired) electrons. The number of pyridine rings is 1. The number of nitrogens with zero attached hydrogens (tertiary/aromatic N) is 2. The fourth-order valence-electron chi connectivity index (χ4n) is 2.38. The molecule has 2 aromatic rings. The summed E-state index contributed by atoms with van der Waals surface area (Å²) in [6, 6.07) is 10.00. The van der Waals surface area contributed by atoms with Crippen molar-refractivity contribution in [2.24, 2.45) is 5.73 Å². The molecule has 0 aliphatic carbocycles. The minimum atomic E-state index is -0.552. The Labute approximate surface area is 141 Å². The molecule has 5 nitrogen and oxygen atoms in total. The molecule has 23 heavy (non-hydrogen) atoms. The summed E-state index contributed by atoms with van der Waals surface area (Å²) in [5.74, 6) is -0.0655. The van der Waals surface area contributed by atoms with Crippen molar-refractivity contribution in [3.05, 3.63) is 47.1 Å². The van der Waals surface area contributed by atoms with E-state index in [1.54, 1.807) is 0 Å². The van der Waals surface area contributed by atoms with Crippen LogP contribution in [0, 0.1) is 0 Å². The number of carbonyl (C=O) groups is 1. The highest BCUT2D eigenvalue weighted by atomic mass is 35.5. The van der Waals surface area contributed by atoms with Gasteiger partial charge < -0.3 is 16.0 Å². The quantitative estimate of drug-likeness (QED) is 0.843. The van der Waals surface area contributed by atoms with Crippen LogP contribution in [0.15, 0.2) is 36.5 Å². The molecule has 3 N–H and O–H groups in total. The average Bonchev–Trinajstić information content (AvgIpc) is 2.51. The van der Waals surface area contributed by atoms with E-state index in [4.69, 9.17) is 17.3 Å². The van der Waals surface area contributed by atoms with Crippen molar-refractivity contribution in [2.75, 3.05) is 16.8 Å². The van der Waals surface area contributed by atoms with Crippen LogP contribution in [-0.2, 0) is 0 Å². The van der Waals surface area contributed by atoms with Crippen LogP contribution >= 0.6 is 11.6 Å². The third-order valence-corrected chi connectivity index (χ3v) is 3.84. The molecular formula is C17H21ClN4O. The van der Waals surface area contributed by atoms with Crippen molar-refractivity contribution in [3.8, 4) is 0 Å². The maximum Gasteiger partial charge on any atom is 0.250 e. The lowest BCUT2D eigenvalue weighted by Gasteiger charge is -2.27. The van der Waals surface area contributed by atoms with Gasteiger partial charge in [0, 0.05) is 30.2 Å². The number of rotatable bonds is 6. The predicted octanol–water partition coefficient (Wildman–Crippen LogP) is 3.81. The second-order valence-electron chi connectivity index (χ2n) is 5.47. The molecule has 0 bridgehead atoms. The highest BCUT2D eigenvalue weighted by molar-refractivity contribution is 6.33. The van der Waals surface area contributed by atoms with Gasteiger partial charge in [0.15, 0.2) is 0 Å². The first-order valence-electron chi connectivity index (χ1n) is 7.51. The summed E-state index contributed by atoms with van der Waals surface area (Å²) in [5.41, 5.74) is 7.52. The Balaban J connectivity index is 2.17. The van der Waals surface area contributed by atoms with Gasteiger partial charge in [0.05, 0.1) is 10.6 Å². The molecule has 6 heteroatoms. The predicted molar refractivity (Wildman–Crippen MR) is 95.6 cm³/mol. The van der Waals surface area contributed by atoms with Gasteiger partial charge in [0.1, 0.15) is 5.82 Å². The number of nitrogens with one attached hydrogen (secondary N) is 1. The zero-order valence-corrected chi connectivity index (χ0v) is 14.3. The van der Waals surface area contributed by atoms with Crippen molar-refractivity contribution in [3.63, 3.8) is 0 Å². The molecule has 0 fully saturated rings. The number of carbonyl (C=O) groups excluding carboxylic acids is 1. The molecule has 0 aliphatic rings. The number of halogens is 1. The Morgan fingerprint density at radius 3 is 2.48 bits per heavy atom. The molecule has 1 heterocycles. The van der Waals surface area contributed by atoms with Crippen LogP contribution in [0.25, 0.3) is 0 Å². The molecular weight excluding hydrogens is 312 g/mol. The van der Waals surface area contributed by atoms with Gasteiger partial charge in [-0.3, -0.25) is 4.79 Å². The molecule has 0 saturated heterocycles. The molecule has 0 unspecified atom stereocenters. The van der Waals surface area contributed by atoms with Crippen LogP contribution in [0.2, 0.25) is 5.02 Å². The molecule has 1 amide bonds. The van der Waals surface area contributed by atoms with Gasteiger partial charge in [-0.05, 0) is 51.1 Å². The van der Waals surface area contributed by atoms with E-state index >= 15 is 0 Å². The molecule has 2 rings (SSSR count). The lowest BCUT2D eigenvalue weighted by Crippen LogP contribution is -2.30. The first kappa shape index (κ1) is 17.1. The number of amides is 1. The third-order valence-electron chi connectivity index (χ3n) is 3.55. The van der Waals surface area contributed by atoms with E-state index in [9.17, 15) is 4.79 Å². The number of nitrogens with two attached hydrogens (primary N) is 1. The lowest BCUT2D eigenvalue weighted by atomic mass is 10.2. The van der Waals surface area contributed by atoms with Crippen molar-refractivity contribution in [1.82, 2.24) is 4.98 Å². The summed E-state index contributed by atoms with van der Waals surface area (Å²) in [6.45, 7) is 7.42. The molecule has 0 aliphatic heterocycles. The Hall–Kier alpha value is -2.27. The van der Waals surface area contributed by atoms with Crippen LogP contribution in [0.4, 0.5) is 17.2 Å².